The number of hydrogen-bond acceptors (Lipinski definition) is 3. The fourth-order valence-electron chi connectivity index (χ4n) is 2.25. The molecule has 0 atom stereocenters. The Kier molecular flexibility index (Phi) is 3.98. The van der Waals surface area contributed by atoms with Gasteiger partial charge in [-0.2, -0.15) is 0 Å². The normalized spacial score (nSPS) is 24.1. The molecule has 0 saturated heterocycles. The highest BCUT2D eigenvalue weighted by Gasteiger charge is 2.26. The molecule has 1 aromatic carbocycles. The minimum atomic E-state index is -0.0526. The van der Waals surface area contributed by atoms with Crippen molar-refractivity contribution in [1.29, 1.82) is 0 Å². The van der Waals surface area contributed by atoms with Crippen LogP contribution in [0.3, 0.4) is 0 Å². The Bertz CT molecular complexity index is 359. The molecule has 1 fully saturated rings. The van der Waals surface area contributed by atoms with E-state index < -0.39 is 0 Å². The van der Waals surface area contributed by atoms with Crippen molar-refractivity contribution >= 4 is 5.91 Å². The second-order valence-corrected chi connectivity index (χ2v) is 4.41. The van der Waals surface area contributed by atoms with Gasteiger partial charge in [0.1, 0.15) is 5.75 Å². The summed E-state index contributed by atoms with van der Waals surface area (Å²) in [5.41, 5.74) is 2.22. The van der Waals surface area contributed by atoms with Gasteiger partial charge in [0.05, 0.1) is 6.10 Å². The molecule has 2 rings (SSSR count). The first-order valence-corrected chi connectivity index (χ1v) is 6.01. The lowest BCUT2D eigenvalue weighted by Gasteiger charge is -2.27. The molecule has 4 heteroatoms. The lowest BCUT2D eigenvalue weighted by molar-refractivity contribution is -0.126. The Balaban J connectivity index is 1.82. The summed E-state index contributed by atoms with van der Waals surface area (Å²) in [6.45, 7) is 0. The van der Waals surface area contributed by atoms with Gasteiger partial charge in [-0.3, -0.25) is 10.2 Å². The smallest absolute Gasteiger partial charge is 0.236 e. The van der Waals surface area contributed by atoms with Crippen LogP contribution in [-0.2, 0) is 4.79 Å². The summed E-state index contributed by atoms with van der Waals surface area (Å²) in [6, 6.07) is 9.80. The van der Waals surface area contributed by atoms with E-state index >= 15 is 0 Å². The summed E-state index contributed by atoms with van der Waals surface area (Å²) >= 11 is 0. The number of hydrogen-bond donors (Lipinski definition) is 2. The van der Waals surface area contributed by atoms with E-state index in [0.29, 0.717) is 0 Å². The number of para-hydroxylation sites is 1. The summed E-state index contributed by atoms with van der Waals surface area (Å²) < 4.78 is 5.85. The van der Waals surface area contributed by atoms with Gasteiger partial charge in [0, 0.05) is 5.92 Å². The van der Waals surface area contributed by atoms with Crippen LogP contribution in [0.1, 0.15) is 25.7 Å². The molecule has 4 nitrogen and oxygen atoms in total. The molecule has 1 amide bonds. The second-order valence-electron chi connectivity index (χ2n) is 4.41. The number of hydrazine groups is 1. The largest absolute Gasteiger partial charge is 0.490 e. The molecule has 0 radical (unpaired) electrons. The maximum atomic E-state index is 11.4. The van der Waals surface area contributed by atoms with Gasteiger partial charge >= 0.3 is 0 Å². The second kappa shape index (κ2) is 5.68. The molecule has 0 unspecified atom stereocenters. The quantitative estimate of drug-likeness (QED) is 0.474. The summed E-state index contributed by atoms with van der Waals surface area (Å²) in [5, 5.41) is 0. The van der Waals surface area contributed by atoms with Gasteiger partial charge in [-0.05, 0) is 37.8 Å². The molecule has 1 aromatic rings. The van der Waals surface area contributed by atoms with Crippen molar-refractivity contribution in [2.24, 2.45) is 11.8 Å². The van der Waals surface area contributed by atoms with Crippen LogP contribution in [0.15, 0.2) is 30.3 Å². The highest BCUT2D eigenvalue weighted by atomic mass is 16.5. The molecule has 0 spiro atoms. The van der Waals surface area contributed by atoms with Crippen LogP contribution >= 0.6 is 0 Å². The van der Waals surface area contributed by atoms with Gasteiger partial charge < -0.3 is 4.74 Å². The van der Waals surface area contributed by atoms with Crippen LogP contribution in [0.4, 0.5) is 0 Å². The van der Waals surface area contributed by atoms with Gasteiger partial charge in [0.25, 0.3) is 0 Å². The molecule has 3 N–H and O–H groups in total. The third-order valence-corrected chi connectivity index (χ3v) is 3.23. The van der Waals surface area contributed by atoms with Gasteiger partial charge in [-0.1, -0.05) is 18.2 Å². The first-order chi connectivity index (χ1) is 8.29. The number of carbonyl (C=O) groups is 1. The summed E-state index contributed by atoms with van der Waals surface area (Å²) in [4.78, 5) is 11.4. The Hall–Kier alpha value is -1.55. The Labute approximate surface area is 101 Å². The number of carbonyl (C=O) groups excluding carboxylic acids is 1. The molecule has 0 aromatic heterocycles. The Morgan fingerprint density at radius 3 is 2.41 bits per heavy atom. The van der Waals surface area contributed by atoms with Crippen LogP contribution in [0, 0.1) is 5.92 Å². The number of nitrogens with one attached hydrogen (secondary N) is 1. The molecular formula is C13H18N2O2. The van der Waals surface area contributed by atoms with Crippen molar-refractivity contribution in [1.82, 2.24) is 5.43 Å². The van der Waals surface area contributed by atoms with E-state index in [1.807, 2.05) is 30.3 Å². The van der Waals surface area contributed by atoms with Crippen LogP contribution in [-0.4, -0.2) is 12.0 Å². The fraction of sp³-hybridized carbons (Fsp3) is 0.462. The summed E-state index contributed by atoms with van der Waals surface area (Å²) in [5.74, 6) is 6.03. The molecule has 0 bridgehead atoms. The zero-order valence-electron chi connectivity index (χ0n) is 9.76. The number of amides is 1. The van der Waals surface area contributed by atoms with Gasteiger partial charge in [-0.15, -0.1) is 0 Å². The molecule has 1 aliphatic rings. The van der Waals surface area contributed by atoms with E-state index in [-0.39, 0.29) is 17.9 Å². The maximum absolute atomic E-state index is 11.4. The van der Waals surface area contributed by atoms with Crippen LogP contribution in [0.5, 0.6) is 5.75 Å². The van der Waals surface area contributed by atoms with Crippen molar-refractivity contribution in [2.45, 2.75) is 31.8 Å². The molecule has 1 saturated carbocycles. The SMILES string of the molecule is NNC(=O)[C@H]1CC[C@H](Oc2ccccc2)CC1. The van der Waals surface area contributed by atoms with Crippen molar-refractivity contribution in [2.75, 3.05) is 0 Å². The zero-order valence-corrected chi connectivity index (χ0v) is 9.76. The molecule has 0 aliphatic heterocycles. The minimum Gasteiger partial charge on any atom is -0.490 e. The zero-order chi connectivity index (χ0) is 12.1. The maximum Gasteiger partial charge on any atom is 0.236 e. The summed E-state index contributed by atoms with van der Waals surface area (Å²) in [7, 11) is 0. The average molecular weight is 234 g/mol. The van der Waals surface area contributed by atoms with Crippen molar-refractivity contribution < 1.29 is 9.53 Å². The van der Waals surface area contributed by atoms with Crippen molar-refractivity contribution in [3.8, 4) is 5.75 Å². The highest BCUT2D eigenvalue weighted by Crippen LogP contribution is 2.27. The predicted octanol–water partition coefficient (Wildman–Crippen LogP) is 1.61. The minimum absolute atomic E-state index is 0.0515. The number of ether oxygens (including phenoxy) is 1. The average Bonchev–Trinajstić information content (AvgIpc) is 2.40. The first-order valence-electron chi connectivity index (χ1n) is 6.01. The van der Waals surface area contributed by atoms with E-state index in [9.17, 15) is 4.79 Å². The van der Waals surface area contributed by atoms with Gasteiger partial charge in [-0.25, -0.2) is 5.84 Å². The third kappa shape index (κ3) is 3.20. The van der Waals surface area contributed by atoms with E-state index in [4.69, 9.17) is 10.6 Å². The van der Waals surface area contributed by atoms with E-state index in [1.54, 1.807) is 0 Å². The van der Waals surface area contributed by atoms with E-state index in [2.05, 4.69) is 5.43 Å². The molecule has 17 heavy (non-hydrogen) atoms. The predicted molar refractivity (Wildman–Crippen MR) is 65.1 cm³/mol. The monoisotopic (exact) mass is 234 g/mol. The van der Waals surface area contributed by atoms with Crippen LogP contribution < -0.4 is 16.0 Å². The lowest BCUT2D eigenvalue weighted by Crippen LogP contribution is -2.38. The molecule has 0 heterocycles. The summed E-state index contributed by atoms with van der Waals surface area (Å²) in [6.07, 6.45) is 3.74. The number of benzene rings is 1. The Morgan fingerprint density at radius 1 is 1.18 bits per heavy atom. The topological polar surface area (TPSA) is 64.3 Å². The van der Waals surface area contributed by atoms with Crippen molar-refractivity contribution in [3.63, 3.8) is 0 Å². The number of rotatable bonds is 3. The third-order valence-electron chi connectivity index (χ3n) is 3.23. The molecule has 1 aliphatic carbocycles. The van der Waals surface area contributed by atoms with E-state index in [1.165, 1.54) is 0 Å². The molecular weight excluding hydrogens is 216 g/mol. The van der Waals surface area contributed by atoms with Crippen LogP contribution in [0.25, 0.3) is 0 Å². The van der Waals surface area contributed by atoms with Crippen molar-refractivity contribution in [3.05, 3.63) is 30.3 Å². The Morgan fingerprint density at radius 2 is 1.82 bits per heavy atom. The fourth-order valence-corrected chi connectivity index (χ4v) is 2.25. The van der Waals surface area contributed by atoms with E-state index in [0.717, 1.165) is 31.4 Å². The molecule has 92 valence electrons. The van der Waals surface area contributed by atoms with Gasteiger partial charge in [0.2, 0.25) is 5.91 Å². The van der Waals surface area contributed by atoms with Gasteiger partial charge in [0.15, 0.2) is 0 Å². The number of nitrogens with two attached hydrogens (primary N) is 1. The first kappa shape index (κ1) is 11.9. The standard InChI is InChI=1S/C13H18N2O2/c14-15-13(16)10-6-8-12(9-7-10)17-11-4-2-1-3-5-11/h1-5,10,12H,6-9,14H2,(H,15,16)/t10-,12-. The highest BCUT2D eigenvalue weighted by molar-refractivity contribution is 5.77. The van der Waals surface area contributed by atoms with Crippen LogP contribution in [0.2, 0.25) is 0 Å². The lowest BCUT2D eigenvalue weighted by atomic mass is 9.87.